The Bertz CT molecular complexity index is 683. The lowest BCUT2D eigenvalue weighted by Gasteiger charge is -2.26. The van der Waals surface area contributed by atoms with E-state index < -0.39 is 20.7 Å². The number of nitrogens with zero attached hydrogens (tertiary/aromatic N) is 1. The van der Waals surface area contributed by atoms with Gasteiger partial charge in [-0.15, -0.1) is 0 Å². The predicted octanol–water partition coefficient (Wildman–Crippen LogP) is 2.78. The van der Waals surface area contributed by atoms with Crippen LogP contribution >= 0.6 is 0 Å². The molecule has 1 fully saturated rings. The van der Waals surface area contributed by atoms with Crippen LogP contribution in [0.5, 0.6) is 0 Å². The van der Waals surface area contributed by atoms with Crippen LogP contribution in [-0.2, 0) is 10.0 Å². The minimum absolute atomic E-state index is 0.163. The summed E-state index contributed by atoms with van der Waals surface area (Å²) in [5.41, 5.74) is 0.163. The fourth-order valence-corrected chi connectivity index (χ4v) is 4.27. The Labute approximate surface area is 143 Å². The molecule has 0 aliphatic carbocycles. The zero-order valence-electron chi connectivity index (χ0n) is 14.2. The Balaban J connectivity index is 2.20. The molecule has 24 heavy (non-hydrogen) atoms. The van der Waals surface area contributed by atoms with Crippen molar-refractivity contribution < 1.29 is 17.6 Å². The highest BCUT2D eigenvalue weighted by atomic mass is 32.2. The summed E-state index contributed by atoms with van der Waals surface area (Å²) in [5.74, 6) is -0.751. The molecule has 0 saturated carbocycles. The van der Waals surface area contributed by atoms with Crippen molar-refractivity contribution in [3.8, 4) is 0 Å². The van der Waals surface area contributed by atoms with Gasteiger partial charge in [-0.1, -0.05) is 20.3 Å². The molecule has 1 aliphatic heterocycles. The number of carbonyl (C=O) groups excluding carboxylic acids is 1. The van der Waals surface area contributed by atoms with E-state index in [1.54, 1.807) is 0 Å². The summed E-state index contributed by atoms with van der Waals surface area (Å²) in [4.78, 5) is 11.7. The van der Waals surface area contributed by atoms with E-state index in [4.69, 9.17) is 0 Å². The van der Waals surface area contributed by atoms with Gasteiger partial charge in [0.2, 0.25) is 10.0 Å². The molecule has 0 aromatic heterocycles. The molecule has 0 unspecified atom stereocenters. The fourth-order valence-electron chi connectivity index (χ4n) is 2.66. The van der Waals surface area contributed by atoms with Crippen LogP contribution in [0.25, 0.3) is 0 Å². The lowest BCUT2D eigenvalue weighted by molar-refractivity contribution is 0.0951. The second-order valence-electron chi connectivity index (χ2n) is 6.55. The number of benzene rings is 1. The molecule has 0 radical (unpaired) electrons. The number of sulfonamides is 1. The number of nitrogens with one attached hydrogen (secondary N) is 1. The normalized spacial score (nSPS) is 16.3. The molecule has 134 valence electrons. The van der Waals surface area contributed by atoms with Gasteiger partial charge in [0.25, 0.3) is 5.91 Å². The van der Waals surface area contributed by atoms with Crippen LogP contribution in [0, 0.1) is 11.7 Å². The highest BCUT2D eigenvalue weighted by Crippen LogP contribution is 2.24. The average Bonchev–Trinajstić information content (AvgIpc) is 2.55. The number of hydrogen-bond donors (Lipinski definition) is 1. The summed E-state index contributed by atoms with van der Waals surface area (Å²) >= 11 is 0. The fraction of sp³-hybridized carbons (Fsp3) is 0.588. The van der Waals surface area contributed by atoms with Gasteiger partial charge in [0.05, 0.1) is 0 Å². The molecular formula is C17H25FN2O3S. The van der Waals surface area contributed by atoms with Gasteiger partial charge in [0.1, 0.15) is 10.7 Å². The van der Waals surface area contributed by atoms with Crippen LogP contribution in [0.2, 0.25) is 0 Å². The Morgan fingerprint density at radius 3 is 2.54 bits per heavy atom. The molecule has 1 amide bonds. The Morgan fingerprint density at radius 1 is 1.25 bits per heavy atom. The maximum Gasteiger partial charge on any atom is 0.251 e. The predicted molar refractivity (Wildman–Crippen MR) is 90.8 cm³/mol. The Morgan fingerprint density at radius 2 is 1.92 bits per heavy atom. The van der Waals surface area contributed by atoms with Gasteiger partial charge in [0, 0.05) is 25.2 Å². The molecule has 0 spiro atoms. The first-order chi connectivity index (χ1) is 11.3. The van der Waals surface area contributed by atoms with E-state index in [1.165, 1.54) is 10.4 Å². The van der Waals surface area contributed by atoms with Gasteiger partial charge in [-0.25, -0.2) is 12.8 Å². The standard InChI is InChI=1S/C17H25FN2O3S/c1-13(2)8-9-19-17(21)14-6-7-15(18)16(12-14)24(22,23)20-10-4-3-5-11-20/h6-7,12-13H,3-5,8-11H2,1-2H3,(H,19,21). The Kier molecular flexibility index (Phi) is 6.34. The highest BCUT2D eigenvalue weighted by molar-refractivity contribution is 7.89. The van der Waals surface area contributed by atoms with Crippen molar-refractivity contribution in [1.82, 2.24) is 9.62 Å². The van der Waals surface area contributed by atoms with Gasteiger partial charge >= 0.3 is 0 Å². The van der Waals surface area contributed by atoms with E-state index in [9.17, 15) is 17.6 Å². The first kappa shape index (κ1) is 18.9. The third kappa shape index (κ3) is 4.54. The maximum atomic E-state index is 14.1. The topological polar surface area (TPSA) is 66.5 Å². The van der Waals surface area contributed by atoms with Gasteiger partial charge < -0.3 is 5.32 Å². The van der Waals surface area contributed by atoms with Crippen LogP contribution < -0.4 is 5.32 Å². The van der Waals surface area contributed by atoms with Crippen LogP contribution in [0.1, 0.15) is 49.9 Å². The van der Waals surface area contributed by atoms with Gasteiger partial charge in [-0.2, -0.15) is 4.31 Å². The molecule has 5 nitrogen and oxygen atoms in total. The van der Waals surface area contributed by atoms with E-state index in [2.05, 4.69) is 5.32 Å². The van der Waals surface area contributed by atoms with Crippen molar-refractivity contribution in [2.24, 2.45) is 5.92 Å². The van der Waals surface area contributed by atoms with Crippen LogP contribution in [-0.4, -0.2) is 38.3 Å². The number of halogens is 1. The molecule has 1 aromatic rings. The number of piperidine rings is 1. The first-order valence-electron chi connectivity index (χ1n) is 8.40. The van der Waals surface area contributed by atoms with Gasteiger partial charge in [-0.3, -0.25) is 4.79 Å². The first-order valence-corrected chi connectivity index (χ1v) is 9.84. The van der Waals surface area contributed by atoms with E-state index in [0.717, 1.165) is 37.8 Å². The summed E-state index contributed by atoms with van der Waals surface area (Å²) in [7, 11) is -3.90. The summed E-state index contributed by atoms with van der Waals surface area (Å²) < 4.78 is 40.7. The Hall–Kier alpha value is -1.47. The second-order valence-corrected chi connectivity index (χ2v) is 8.45. The van der Waals surface area contributed by atoms with Gasteiger partial charge in [-0.05, 0) is 43.4 Å². The zero-order chi connectivity index (χ0) is 17.7. The summed E-state index contributed by atoms with van der Waals surface area (Å²) in [6.45, 7) is 5.39. The third-order valence-corrected chi connectivity index (χ3v) is 6.05. The number of carbonyl (C=O) groups is 1. The molecule has 2 rings (SSSR count). The molecule has 1 aromatic carbocycles. The monoisotopic (exact) mass is 356 g/mol. The third-order valence-electron chi connectivity index (χ3n) is 4.13. The van der Waals surface area contributed by atoms with E-state index in [-0.39, 0.29) is 11.5 Å². The largest absolute Gasteiger partial charge is 0.352 e. The van der Waals surface area contributed by atoms with Gasteiger partial charge in [0.15, 0.2) is 0 Å². The second kappa shape index (κ2) is 8.07. The van der Waals surface area contributed by atoms with Crippen LogP contribution in [0.15, 0.2) is 23.1 Å². The molecular weight excluding hydrogens is 331 g/mol. The van der Waals surface area contributed by atoms with E-state index in [1.807, 2.05) is 13.8 Å². The molecule has 1 N–H and O–H groups in total. The van der Waals surface area contributed by atoms with Crippen molar-refractivity contribution in [2.45, 2.75) is 44.4 Å². The van der Waals surface area contributed by atoms with Crippen LogP contribution in [0.3, 0.4) is 0 Å². The van der Waals surface area contributed by atoms with Crippen molar-refractivity contribution >= 4 is 15.9 Å². The maximum absolute atomic E-state index is 14.1. The van der Waals surface area contributed by atoms with Crippen molar-refractivity contribution in [3.63, 3.8) is 0 Å². The van der Waals surface area contributed by atoms with Crippen molar-refractivity contribution in [3.05, 3.63) is 29.6 Å². The van der Waals surface area contributed by atoms with E-state index in [0.29, 0.717) is 25.6 Å². The molecule has 0 atom stereocenters. The minimum atomic E-state index is -3.90. The molecule has 1 aliphatic rings. The quantitative estimate of drug-likeness (QED) is 0.852. The zero-order valence-corrected chi connectivity index (χ0v) is 15.0. The van der Waals surface area contributed by atoms with Crippen LogP contribution in [0.4, 0.5) is 4.39 Å². The number of amides is 1. The minimum Gasteiger partial charge on any atom is -0.352 e. The molecule has 1 saturated heterocycles. The summed E-state index contributed by atoms with van der Waals surface area (Å²) in [6, 6.07) is 3.51. The molecule has 7 heteroatoms. The molecule has 0 bridgehead atoms. The summed E-state index contributed by atoms with van der Waals surface area (Å²) in [5, 5.41) is 2.74. The van der Waals surface area contributed by atoms with Crippen molar-refractivity contribution in [1.29, 1.82) is 0 Å². The number of hydrogen-bond acceptors (Lipinski definition) is 3. The molecule has 1 heterocycles. The average molecular weight is 356 g/mol. The van der Waals surface area contributed by atoms with E-state index >= 15 is 0 Å². The SMILES string of the molecule is CC(C)CCNC(=O)c1ccc(F)c(S(=O)(=O)N2CCCCC2)c1. The summed E-state index contributed by atoms with van der Waals surface area (Å²) in [6.07, 6.45) is 3.35. The lowest BCUT2D eigenvalue weighted by atomic mass is 10.1. The number of rotatable bonds is 6. The smallest absolute Gasteiger partial charge is 0.251 e. The highest BCUT2D eigenvalue weighted by Gasteiger charge is 2.29. The lowest BCUT2D eigenvalue weighted by Crippen LogP contribution is -2.36. The van der Waals surface area contributed by atoms with Crippen molar-refractivity contribution in [2.75, 3.05) is 19.6 Å².